The molecule has 166 valence electrons. The van der Waals surface area contributed by atoms with Crippen LogP contribution in [0.4, 0.5) is 5.95 Å². The molecule has 0 saturated heterocycles. The van der Waals surface area contributed by atoms with Crippen molar-refractivity contribution in [3.05, 3.63) is 81.0 Å². The fourth-order valence-electron chi connectivity index (χ4n) is 3.89. The third-order valence-corrected chi connectivity index (χ3v) is 6.05. The summed E-state index contributed by atoms with van der Waals surface area (Å²) in [6.07, 6.45) is 5.28. The van der Waals surface area contributed by atoms with Crippen LogP contribution >= 0.6 is 0 Å². The molecule has 0 aliphatic heterocycles. The van der Waals surface area contributed by atoms with Crippen molar-refractivity contribution in [3.63, 3.8) is 0 Å². The van der Waals surface area contributed by atoms with Gasteiger partial charge in [0.1, 0.15) is 5.65 Å². The normalized spacial score (nSPS) is 11.2. The van der Waals surface area contributed by atoms with E-state index in [-0.39, 0.29) is 17.4 Å². The second-order valence-electron chi connectivity index (χ2n) is 8.19. The molecule has 3 heterocycles. The minimum Gasteiger partial charge on any atom is -0.369 e. The highest BCUT2D eigenvalue weighted by Gasteiger charge is 2.13. The summed E-state index contributed by atoms with van der Waals surface area (Å²) in [6, 6.07) is 9.76. The number of hydrogen-bond acceptors (Lipinski definition) is 4. The third-order valence-electron chi connectivity index (χ3n) is 6.05. The zero-order valence-electron chi connectivity index (χ0n) is 18.6. The lowest BCUT2D eigenvalue weighted by molar-refractivity contribution is 0.0790. The van der Waals surface area contributed by atoms with E-state index in [0.717, 1.165) is 24.1 Å². The van der Waals surface area contributed by atoms with Gasteiger partial charge in [-0.05, 0) is 61.6 Å². The molecule has 0 bridgehead atoms. The number of fused-ring (bicyclic) bond motifs is 1. The topological polar surface area (TPSA) is 113 Å². The number of hydrogen-bond donors (Lipinski definition) is 3. The molecule has 3 aromatic heterocycles. The Morgan fingerprint density at radius 1 is 1.16 bits per heavy atom. The van der Waals surface area contributed by atoms with E-state index in [9.17, 15) is 9.59 Å². The molecule has 0 radical (unpaired) electrons. The van der Waals surface area contributed by atoms with E-state index < -0.39 is 0 Å². The van der Waals surface area contributed by atoms with Gasteiger partial charge in [0.2, 0.25) is 5.95 Å². The molecule has 1 aromatic carbocycles. The van der Waals surface area contributed by atoms with Gasteiger partial charge in [-0.3, -0.25) is 14.6 Å². The first kappa shape index (κ1) is 21.4. The van der Waals surface area contributed by atoms with E-state index >= 15 is 0 Å². The highest BCUT2D eigenvalue weighted by atomic mass is 16.2. The average molecular weight is 433 g/mol. The van der Waals surface area contributed by atoms with E-state index in [1.165, 1.54) is 11.3 Å². The molecular formula is C24H28N6O2. The van der Waals surface area contributed by atoms with Crippen LogP contribution in [-0.4, -0.2) is 43.9 Å². The molecule has 1 amide bonds. The predicted octanol–water partition coefficient (Wildman–Crippen LogP) is 2.81. The number of nitrogen functional groups attached to an aromatic ring is 1. The van der Waals surface area contributed by atoms with Crippen molar-refractivity contribution >= 4 is 22.9 Å². The van der Waals surface area contributed by atoms with Crippen molar-refractivity contribution in [2.45, 2.75) is 33.2 Å². The van der Waals surface area contributed by atoms with Crippen molar-refractivity contribution in [1.82, 2.24) is 24.4 Å². The van der Waals surface area contributed by atoms with E-state index in [0.29, 0.717) is 29.6 Å². The maximum atomic E-state index is 12.8. The van der Waals surface area contributed by atoms with Crippen LogP contribution in [0.15, 0.2) is 47.5 Å². The average Bonchev–Trinajstić information content (AvgIpc) is 3.33. The first-order chi connectivity index (χ1) is 15.3. The second kappa shape index (κ2) is 8.74. The number of benzene rings is 1. The Kier molecular flexibility index (Phi) is 5.85. The van der Waals surface area contributed by atoms with Crippen LogP contribution in [0.3, 0.4) is 0 Å². The fourth-order valence-corrected chi connectivity index (χ4v) is 3.89. The number of aromatic nitrogens is 4. The summed E-state index contributed by atoms with van der Waals surface area (Å²) in [4.78, 5) is 36.4. The van der Waals surface area contributed by atoms with Crippen LogP contribution in [0.5, 0.6) is 0 Å². The zero-order valence-corrected chi connectivity index (χ0v) is 18.6. The number of nitrogens with two attached hydrogens (primary N) is 1. The van der Waals surface area contributed by atoms with Gasteiger partial charge in [0, 0.05) is 43.8 Å². The van der Waals surface area contributed by atoms with Gasteiger partial charge in [-0.25, -0.2) is 0 Å². The fraction of sp³-hybridized carbons (Fsp3) is 0.292. The summed E-state index contributed by atoms with van der Waals surface area (Å²) < 4.78 is 2.17. The van der Waals surface area contributed by atoms with Crippen LogP contribution in [-0.2, 0) is 19.4 Å². The number of likely N-dealkylation sites (N-methyl/N-ethyl adjacent to an activating group) is 1. The van der Waals surface area contributed by atoms with Crippen LogP contribution in [0.2, 0.25) is 0 Å². The Labute approximate surface area is 186 Å². The molecule has 8 heteroatoms. The number of amides is 1. The van der Waals surface area contributed by atoms with Crippen molar-refractivity contribution in [3.8, 4) is 0 Å². The number of rotatable bonds is 7. The van der Waals surface area contributed by atoms with Gasteiger partial charge in [0.15, 0.2) is 0 Å². The SMILES string of the molecule is Cc1ccn(CCN(C)C(=O)c2ccc(CCc3c[nH]c4nc(N)[nH]c(=O)c34)cc2)c1C. The number of H-pyrrole nitrogens is 2. The van der Waals surface area contributed by atoms with E-state index in [4.69, 9.17) is 5.73 Å². The van der Waals surface area contributed by atoms with Gasteiger partial charge >= 0.3 is 0 Å². The molecule has 4 N–H and O–H groups in total. The molecule has 0 unspecified atom stereocenters. The van der Waals surface area contributed by atoms with Gasteiger partial charge in [-0.1, -0.05) is 12.1 Å². The molecule has 0 saturated carbocycles. The number of nitrogens with zero attached hydrogens (tertiary/aromatic N) is 3. The molecule has 8 nitrogen and oxygen atoms in total. The van der Waals surface area contributed by atoms with Crippen LogP contribution in [0.1, 0.15) is 32.7 Å². The molecule has 0 aliphatic rings. The Bertz CT molecular complexity index is 1310. The molecule has 0 fully saturated rings. The monoisotopic (exact) mass is 432 g/mol. The highest BCUT2D eigenvalue weighted by Crippen LogP contribution is 2.16. The Morgan fingerprint density at radius 3 is 2.59 bits per heavy atom. The lowest BCUT2D eigenvalue weighted by Crippen LogP contribution is -2.30. The summed E-state index contributed by atoms with van der Waals surface area (Å²) in [7, 11) is 1.83. The summed E-state index contributed by atoms with van der Waals surface area (Å²) in [6.45, 7) is 5.59. The van der Waals surface area contributed by atoms with Crippen molar-refractivity contribution in [2.75, 3.05) is 19.3 Å². The first-order valence-corrected chi connectivity index (χ1v) is 10.7. The maximum absolute atomic E-state index is 12.8. The number of aryl methyl sites for hydroxylation is 3. The molecule has 32 heavy (non-hydrogen) atoms. The molecule has 0 aliphatic carbocycles. The standard InChI is InChI=1S/C24H28N6O2/c1-15-10-11-30(16(15)2)13-12-29(3)23(32)18-7-4-17(5-8-18)6-9-19-14-26-21-20(19)22(31)28-24(25)27-21/h4-5,7-8,10-11,14H,6,9,12-13H2,1-3H3,(H4,25,26,27,28,31). The number of nitrogens with one attached hydrogen (secondary N) is 2. The van der Waals surface area contributed by atoms with E-state index in [1.807, 2.05) is 31.3 Å². The number of aromatic amines is 2. The summed E-state index contributed by atoms with van der Waals surface area (Å²) in [5, 5.41) is 0.542. The van der Waals surface area contributed by atoms with Crippen molar-refractivity contribution in [1.29, 1.82) is 0 Å². The smallest absolute Gasteiger partial charge is 0.262 e. The predicted molar refractivity (Wildman–Crippen MR) is 126 cm³/mol. The van der Waals surface area contributed by atoms with Gasteiger partial charge in [-0.15, -0.1) is 0 Å². The second-order valence-corrected chi connectivity index (χ2v) is 8.19. The summed E-state index contributed by atoms with van der Waals surface area (Å²) >= 11 is 0. The molecule has 0 spiro atoms. The van der Waals surface area contributed by atoms with Crippen molar-refractivity contribution < 1.29 is 4.79 Å². The van der Waals surface area contributed by atoms with Gasteiger partial charge in [0.05, 0.1) is 5.39 Å². The maximum Gasteiger partial charge on any atom is 0.262 e. The van der Waals surface area contributed by atoms with Crippen LogP contribution in [0, 0.1) is 13.8 Å². The lowest BCUT2D eigenvalue weighted by Gasteiger charge is -2.18. The van der Waals surface area contributed by atoms with Gasteiger partial charge in [-0.2, -0.15) is 4.98 Å². The Morgan fingerprint density at radius 2 is 1.91 bits per heavy atom. The quantitative estimate of drug-likeness (QED) is 0.417. The van der Waals surface area contributed by atoms with E-state index in [2.05, 4.69) is 45.6 Å². The number of carbonyl (C=O) groups excluding carboxylic acids is 1. The minimum atomic E-state index is -0.238. The largest absolute Gasteiger partial charge is 0.369 e. The number of carbonyl (C=O) groups is 1. The van der Waals surface area contributed by atoms with Crippen LogP contribution < -0.4 is 11.3 Å². The van der Waals surface area contributed by atoms with Crippen LogP contribution in [0.25, 0.3) is 11.0 Å². The Balaban J connectivity index is 1.37. The molecule has 4 aromatic rings. The molecular weight excluding hydrogens is 404 g/mol. The number of anilines is 1. The minimum absolute atomic E-state index is 0.00454. The molecule has 0 atom stereocenters. The zero-order chi connectivity index (χ0) is 22.8. The van der Waals surface area contributed by atoms with E-state index in [1.54, 1.807) is 11.1 Å². The third kappa shape index (κ3) is 4.30. The lowest BCUT2D eigenvalue weighted by atomic mass is 10.0. The summed E-state index contributed by atoms with van der Waals surface area (Å²) in [5.74, 6) is 0.102. The van der Waals surface area contributed by atoms with Gasteiger partial charge in [0.25, 0.3) is 11.5 Å². The molecule has 4 rings (SSSR count). The van der Waals surface area contributed by atoms with Crippen molar-refractivity contribution in [2.24, 2.45) is 0 Å². The summed E-state index contributed by atoms with van der Waals surface area (Å²) in [5.41, 5.74) is 11.0. The highest BCUT2D eigenvalue weighted by molar-refractivity contribution is 5.94. The first-order valence-electron chi connectivity index (χ1n) is 10.7. The Hall–Kier alpha value is -3.81. The van der Waals surface area contributed by atoms with Gasteiger partial charge < -0.3 is 20.2 Å².